The summed E-state index contributed by atoms with van der Waals surface area (Å²) in [4.78, 5) is 24.7. The summed E-state index contributed by atoms with van der Waals surface area (Å²) in [6.45, 7) is 2.74. The van der Waals surface area contributed by atoms with Crippen LogP contribution in [0.15, 0.2) is 50.5 Å². The van der Waals surface area contributed by atoms with Crippen LogP contribution in [0.5, 0.6) is 6.08 Å². The molecule has 3 fully saturated rings. The van der Waals surface area contributed by atoms with E-state index in [4.69, 9.17) is 18.7 Å². The highest BCUT2D eigenvalue weighted by atomic mass is 19.3. The van der Waals surface area contributed by atoms with Gasteiger partial charge in [-0.25, -0.2) is 8.78 Å². The van der Waals surface area contributed by atoms with Gasteiger partial charge in [0.05, 0.1) is 18.2 Å². The van der Waals surface area contributed by atoms with Gasteiger partial charge in [-0.3, -0.25) is 4.79 Å². The van der Waals surface area contributed by atoms with E-state index < -0.39 is 11.8 Å². The Morgan fingerprint density at radius 1 is 1.15 bits per heavy atom. The van der Waals surface area contributed by atoms with Gasteiger partial charge < -0.3 is 18.6 Å². The van der Waals surface area contributed by atoms with E-state index >= 15 is 0 Å². The summed E-state index contributed by atoms with van der Waals surface area (Å²) in [5.41, 5.74) is 3.97. The van der Waals surface area contributed by atoms with Crippen molar-refractivity contribution in [3.63, 3.8) is 0 Å². The van der Waals surface area contributed by atoms with Crippen LogP contribution in [0.4, 0.5) is 14.5 Å². The first-order valence-electron chi connectivity index (χ1n) is 14.7. The molecule has 5 aliphatic carbocycles. The largest absolute Gasteiger partial charge is 0.450 e. The number of alkyl halides is 2. The normalized spacial score (nSPS) is 21.4. The van der Waals surface area contributed by atoms with Gasteiger partial charge in [0.25, 0.3) is 0 Å². The third-order valence-corrected chi connectivity index (χ3v) is 9.22. The topological polar surface area (TPSA) is 94.5 Å². The van der Waals surface area contributed by atoms with Crippen molar-refractivity contribution >= 4 is 11.6 Å². The lowest BCUT2D eigenvalue weighted by Crippen LogP contribution is -2.45. The maximum atomic E-state index is 14.0. The summed E-state index contributed by atoms with van der Waals surface area (Å²) in [6.07, 6.45) is 7.41. The Labute approximate surface area is 237 Å². The number of rotatable bonds is 9. The highest BCUT2D eigenvalue weighted by Crippen LogP contribution is 2.56. The molecule has 41 heavy (non-hydrogen) atoms. The zero-order valence-corrected chi connectivity index (χ0v) is 23.2. The molecule has 3 aromatic rings. The number of hydrogen-bond acceptors (Lipinski definition) is 7. The molecule has 0 radical (unpaired) electrons. The summed E-state index contributed by atoms with van der Waals surface area (Å²) in [5.74, 6) is -0.632. The molecule has 2 aromatic heterocycles. The Balaban J connectivity index is 1.15. The number of ether oxygens (including phenoxy) is 1. The number of benzene rings is 1. The second kappa shape index (κ2) is 10.1. The number of carbonyl (C=O) groups excluding carboxylic acids is 1. The molecule has 0 aliphatic heterocycles. The summed E-state index contributed by atoms with van der Waals surface area (Å²) < 4.78 is 44.7. The van der Waals surface area contributed by atoms with Crippen LogP contribution in [0.1, 0.15) is 88.8 Å². The molecule has 2 bridgehead atoms. The molecule has 10 heteroatoms. The van der Waals surface area contributed by atoms with E-state index in [-0.39, 0.29) is 43.1 Å². The molecule has 8 nitrogen and oxygen atoms in total. The molecule has 2 heterocycles. The number of aromatic nitrogens is 3. The molecule has 0 N–H and O–H groups in total. The standard InChI is InChI=1S/C31H34F2N4O4/c1-2-39-29-34-17-25(40-29)21-4-3-5-24(14-21)37(27(38)20-9-12-31(32,33)13-10-20)18-22-8-11-30(15-23(22)16-30)28-35-26(36-41-28)19-6-7-19/h3-5,14,17,19-20H,2,6-13,15-16,18H2,1H3. The number of anilines is 1. The van der Waals surface area contributed by atoms with Gasteiger partial charge in [-0.05, 0) is 70.4 Å². The van der Waals surface area contributed by atoms with Crippen molar-refractivity contribution < 1.29 is 27.3 Å². The number of nitrogens with zero attached hydrogens (tertiary/aromatic N) is 4. The van der Waals surface area contributed by atoms with Crippen LogP contribution in [0, 0.1) is 5.92 Å². The molecule has 0 unspecified atom stereocenters. The third kappa shape index (κ3) is 5.06. The number of oxazole rings is 1. The molecule has 216 valence electrons. The minimum absolute atomic E-state index is 0.0900. The van der Waals surface area contributed by atoms with Crippen molar-refractivity contribution in [2.45, 2.75) is 88.4 Å². The maximum absolute atomic E-state index is 14.0. The van der Waals surface area contributed by atoms with Crippen LogP contribution in [-0.2, 0) is 10.2 Å². The predicted molar refractivity (Wildman–Crippen MR) is 146 cm³/mol. The highest BCUT2D eigenvalue weighted by Gasteiger charge is 2.51. The molecular weight excluding hydrogens is 530 g/mol. The summed E-state index contributed by atoms with van der Waals surface area (Å²) in [7, 11) is 0. The molecule has 0 saturated heterocycles. The highest BCUT2D eigenvalue weighted by molar-refractivity contribution is 5.96. The van der Waals surface area contributed by atoms with Gasteiger partial charge >= 0.3 is 6.08 Å². The van der Waals surface area contributed by atoms with Crippen LogP contribution < -0.4 is 9.64 Å². The average molecular weight is 565 g/mol. The number of fused-ring (bicyclic) bond motifs is 2. The van der Waals surface area contributed by atoms with Gasteiger partial charge in [-0.2, -0.15) is 9.97 Å². The number of halogens is 2. The predicted octanol–water partition coefficient (Wildman–Crippen LogP) is 6.98. The van der Waals surface area contributed by atoms with Crippen LogP contribution in [0.25, 0.3) is 11.3 Å². The monoisotopic (exact) mass is 564 g/mol. The third-order valence-electron chi connectivity index (χ3n) is 9.22. The number of carbonyl (C=O) groups is 1. The summed E-state index contributed by atoms with van der Waals surface area (Å²) in [6, 6.07) is 7.58. The molecule has 0 atom stereocenters. The lowest BCUT2D eigenvalue weighted by atomic mass is 9.57. The Morgan fingerprint density at radius 3 is 2.66 bits per heavy atom. The Morgan fingerprint density at radius 2 is 1.95 bits per heavy atom. The summed E-state index contributed by atoms with van der Waals surface area (Å²) >= 11 is 0. The second-order valence-corrected chi connectivity index (χ2v) is 12.1. The zero-order chi connectivity index (χ0) is 28.2. The maximum Gasteiger partial charge on any atom is 0.394 e. The quantitative estimate of drug-likeness (QED) is 0.259. The van der Waals surface area contributed by atoms with E-state index in [2.05, 4.69) is 10.1 Å². The fourth-order valence-corrected chi connectivity index (χ4v) is 6.57. The van der Waals surface area contributed by atoms with Crippen molar-refractivity contribution in [3.8, 4) is 17.4 Å². The van der Waals surface area contributed by atoms with Crippen molar-refractivity contribution in [1.82, 2.24) is 15.1 Å². The Hall–Kier alpha value is -3.56. The van der Waals surface area contributed by atoms with Crippen LogP contribution in [-0.4, -0.2) is 40.1 Å². The lowest BCUT2D eigenvalue weighted by Gasteiger charge is -2.47. The van der Waals surface area contributed by atoms with E-state index in [0.717, 1.165) is 61.5 Å². The van der Waals surface area contributed by atoms with E-state index in [1.807, 2.05) is 31.2 Å². The van der Waals surface area contributed by atoms with Gasteiger partial charge in [-0.15, -0.1) is 0 Å². The van der Waals surface area contributed by atoms with E-state index in [1.54, 1.807) is 11.1 Å². The van der Waals surface area contributed by atoms with Gasteiger partial charge in [0, 0.05) is 42.5 Å². The van der Waals surface area contributed by atoms with Gasteiger partial charge in [0.15, 0.2) is 11.6 Å². The molecule has 8 rings (SSSR count). The second-order valence-electron chi connectivity index (χ2n) is 12.1. The molecular formula is C31H34F2N4O4. The van der Waals surface area contributed by atoms with E-state index in [1.165, 1.54) is 11.1 Å². The lowest BCUT2D eigenvalue weighted by molar-refractivity contribution is -0.126. The summed E-state index contributed by atoms with van der Waals surface area (Å²) in [5, 5.41) is 4.23. The Kier molecular flexibility index (Phi) is 6.47. The van der Waals surface area contributed by atoms with E-state index in [9.17, 15) is 13.6 Å². The van der Waals surface area contributed by atoms with Gasteiger partial charge in [-0.1, -0.05) is 28.4 Å². The SMILES string of the molecule is CCOc1ncc(-c2cccc(N(CC3=C4CC(c5nc(C6CC6)no5)(CC3)C4)C(=O)C3CCC(F)(F)CC3)c2)o1. The van der Waals surface area contributed by atoms with Crippen molar-refractivity contribution in [2.24, 2.45) is 5.92 Å². The fraction of sp³-hybridized carbons (Fsp3) is 0.548. The van der Waals surface area contributed by atoms with E-state index in [0.29, 0.717) is 24.8 Å². The van der Waals surface area contributed by atoms with Crippen molar-refractivity contribution in [3.05, 3.63) is 53.3 Å². The number of amides is 1. The zero-order valence-electron chi connectivity index (χ0n) is 23.2. The van der Waals surface area contributed by atoms with Gasteiger partial charge in [0.1, 0.15) is 0 Å². The van der Waals surface area contributed by atoms with Crippen LogP contribution >= 0.6 is 0 Å². The average Bonchev–Trinajstić information content (AvgIpc) is 3.48. The first kappa shape index (κ1) is 26.3. The molecule has 3 saturated carbocycles. The van der Waals surface area contributed by atoms with Crippen molar-refractivity contribution in [2.75, 3.05) is 18.1 Å². The van der Waals surface area contributed by atoms with Crippen LogP contribution in [0.3, 0.4) is 0 Å². The minimum atomic E-state index is -2.69. The number of allylic oxidation sites excluding steroid dienone is 1. The van der Waals surface area contributed by atoms with Crippen LogP contribution in [0.2, 0.25) is 0 Å². The molecule has 5 aliphatic rings. The molecule has 1 amide bonds. The fourth-order valence-electron chi connectivity index (χ4n) is 6.57. The van der Waals surface area contributed by atoms with Crippen molar-refractivity contribution in [1.29, 1.82) is 0 Å². The molecule has 0 spiro atoms. The number of hydrogen-bond donors (Lipinski definition) is 0. The van der Waals surface area contributed by atoms with Gasteiger partial charge in [0.2, 0.25) is 17.7 Å². The first-order valence-corrected chi connectivity index (χ1v) is 14.7. The molecule has 1 aromatic carbocycles. The first-order chi connectivity index (χ1) is 19.8. The minimum Gasteiger partial charge on any atom is -0.450 e. The smallest absolute Gasteiger partial charge is 0.394 e. The Bertz CT molecular complexity index is 1470.